The molecule has 0 amide bonds. The average Bonchev–Trinajstić information content (AvgIpc) is 2.36. The number of rotatable bonds is 1. The maximum atomic E-state index is 13.5. The second-order valence-corrected chi connectivity index (χ2v) is 4.97. The summed E-state index contributed by atoms with van der Waals surface area (Å²) in [6.07, 6.45) is 1.41. The minimum atomic E-state index is -0.682. The second-order valence-electron chi connectivity index (χ2n) is 4.97. The van der Waals surface area contributed by atoms with Crippen LogP contribution in [0.15, 0.2) is 18.3 Å². The van der Waals surface area contributed by atoms with Crippen molar-refractivity contribution in [3.05, 3.63) is 24.3 Å². The van der Waals surface area contributed by atoms with E-state index in [2.05, 4.69) is 4.98 Å². The van der Waals surface area contributed by atoms with Crippen LogP contribution in [0, 0.1) is 5.95 Å². The van der Waals surface area contributed by atoms with Crippen LogP contribution in [-0.2, 0) is 9.31 Å². The Hall–Kier alpha value is -0.935. The molecule has 0 bridgehead atoms. The Kier molecular flexibility index (Phi) is 2.55. The van der Waals surface area contributed by atoms with Crippen molar-refractivity contribution < 1.29 is 13.7 Å². The first-order chi connectivity index (χ1) is 7.33. The minimum absolute atomic E-state index is 0.348. The van der Waals surface area contributed by atoms with E-state index < -0.39 is 24.3 Å². The van der Waals surface area contributed by atoms with E-state index in [1.54, 1.807) is 12.1 Å². The number of halogens is 1. The maximum absolute atomic E-state index is 13.5. The van der Waals surface area contributed by atoms with Crippen LogP contribution in [0.4, 0.5) is 4.39 Å². The molecule has 0 spiro atoms. The SMILES string of the molecule is CC1(C)OB(c2cccnc2F)OC1(C)C. The maximum Gasteiger partial charge on any atom is 0.499 e. The molecule has 3 nitrogen and oxygen atoms in total. The van der Waals surface area contributed by atoms with Crippen molar-refractivity contribution in [2.24, 2.45) is 0 Å². The zero-order valence-corrected chi connectivity index (χ0v) is 9.95. The van der Waals surface area contributed by atoms with Crippen molar-refractivity contribution >= 4 is 12.6 Å². The third-order valence-corrected chi connectivity index (χ3v) is 3.30. The molecule has 86 valence electrons. The molecule has 0 radical (unpaired) electrons. The van der Waals surface area contributed by atoms with Crippen molar-refractivity contribution in [2.45, 2.75) is 38.9 Å². The molecule has 5 heteroatoms. The summed E-state index contributed by atoms with van der Waals surface area (Å²) in [4.78, 5) is 3.59. The summed E-state index contributed by atoms with van der Waals surface area (Å²) in [5, 5.41) is 0. The molecule has 1 aliphatic rings. The first-order valence-corrected chi connectivity index (χ1v) is 5.29. The lowest BCUT2D eigenvalue weighted by molar-refractivity contribution is 0.00578. The van der Waals surface area contributed by atoms with Crippen LogP contribution in [0.3, 0.4) is 0 Å². The van der Waals surface area contributed by atoms with Crippen molar-refractivity contribution in [1.82, 2.24) is 4.98 Å². The van der Waals surface area contributed by atoms with Gasteiger partial charge in [0.2, 0.25) is 5.95 Å². The fraction of sp³-hybridized carbons (Fsp3) is 0.545. The Bertz CT molecular complexity index is 393. The van der Waals surface area contributed by atoms with Crippen LogP contribution >= 0.6 is 0 Å². The topological polar surface area (TPSA) is 31.4 Å². The lowest BCUT2D eigenvalue weighted by atomic mass is 9.80. The van der Waals surface area contributed by atoms with E-state index in [1.807, 2.05) is 27.7 Å². The first-order valence-electron chi connectivity index (χ1n) is 5.29. The van der Waals surface area contributed by atoms with Crippen LogP contribution in [0.1, 0.15) is 27.7 Å². The molecule has 0 aliphatic carbocycles. The number of nitrogens with zero attached hydrogens (tertiary/aromatic N) is 1. The third kappa shape index (κ3) is 1.74. The van der Waals surface area contributed by atoms with E-state index >= 15 is 0 Å². The molecule has 0 N–H and O–H groups in total. The normalized spacial score (nSPS) is 22.4. The molecule has 1 saturated heterocycles. The van der Waals surface area contributed by atoms with Gasteiger partial charge in [0.15, 0.2) is 0 Å². The molecule has 1 fully saturated rings. The molecule has 2 rings (SSSR count). The fourth-order valence-electron chi connectivity index (χ4n) is 1.54. The zero-order chi connectivity index (χ0) is 12.0. The van der Waals surface area contributed by atoms with Gasteiger partial charge < -0.3 is 9.31 Å². The summed E-state index contributed by atoms with van der Waals surface area (Å²) >= 11 is 0. The summed E-state index contributed by atoms with van der Waals surface area (Å²) in [5.41, 5.74) is -0.568. The van der Waals surface area contributed by atoms with Gasteiger partial charge in [0.1, 0.15) is 0 Å². The number of pyridine rings is 1. The largest absolute Gasteiger partial charge is 0.499 e. The van der Waals surface area contributed by atoms with Gasteiger partial charge in [0, 0.05) is 11.7 Å². The van der Waals surface area contributed by atoms with E-state index in [9.17, 15) is 4.39 Å². The highest BCUT2D eigenvalue weighted by Crippen LogP contribution is 2.36. The highest BCUT2D eigenvalue weighted by atomic mass is 19.1. The highest BCUT2D eigenvalue weighted by molar-refractivity contribution is 6.62. The van der Waals surface area contributed by atoms with Gasteiger partial charge in [-0.2, -0.15) is 4.39 Å². The Balaban J connectivity index is 2.31. The van der Waals surface area contributed by atoms with Gasteiger partial charge >= 0.3 is 7.12 Å². The third-order valence-electron chi connectivity index (χ3n) is 3.30. The molecular weight excluding hydrogens is 208 g/mol. The predicted molar refractivity (Wildman–Crippen MR) is 59.9 cm³/mol. The van der Waals surface area contributed by atoms with Crippen LogP contribution < -0.4 is 5.46 Å². The zero-order valence-electron chi connectivity index (χ0n) is 9.95. The van der Waals surface area contributed by atoms with Gasteiger partial charge in [-0.15, -0.1) is 0 Å². The fourth-order valence-corrected chi connectivity index (χ4v) is 1.54. The quantitative estimate of drug-likeness (QED) is 0.534. The van der Waals surface area contributed by atoms with E-state index in [0.717, 1.165) is 0 Å². The van der Waals surface area contributed by atoms with Crippen LogP contribution in [0.2, 0.25) is 0 Å². The van der Waals surface area contributed by atoms with E-state index in [0.29, 0.717) is 5.46 Å². The molecule has 0 unspecified atom stereocenters. The Morgan fingerprint density at radius 2 is 1.75 bits per heavy atom. The Morgan fingerprint density at radius 3 is 2.25 bits per heavy atom. The molecule has 16 heavy (non-hydrogen) atoms. The van der Waals surface area contributed by atoms with Gasteiger partial charge in [0.25, 0.3) is 0 Å². The Morgan fingerprint density at radius 1 is 1.19 bits per heavy atom. The van der Waals surface area contributed by atoms with Crippen molar-refractivity contribution in [2.75, 3.05) is 0 Å². The molecule has 1 aromatic heterocycles. The van der Waals surface area contributed by atoms with Crippen LogP contribution in [0.25, 0.3) is 0 Å². The van der Waals surface area contributed by atoms with Gasteiger partial charge in [-0.25, -0.2) is 4.98 Å². The molecular formula is C11H15BFNO2. The average molecular weight is 223 g/mol. The van der Waals surface area contributed by atoms with Crippen molar-refractivity contribution in [3.8, 4) is 0 Å². The molecule has 2 heterocycles. The summed E-state index contributed by atoms with van der Waals surface area (Å²) in [6.45, 7) is 7.73. The van der Waals surface area contributed by atoms with Crippen LogP contribution in [-0.4, -0.2) is 23.3 Å². The molecule has 0 aromatic carbocycles. The van der Waals surface area contributed by atoms with Gasteiger partial charge in [-0.05, 0) is 33.8 Å². The molecule has 1 aromatic rings. The van der Waals surface area contributed by atoms with Gasteiger partial charge in [-0.3, -0.25) is 0 Å². The van der Waals surface area contributed by atoms with E-state index in [4.69, 9.17) is 9.31 Å². The standard InChI is InChI=1S/C11H15BFNO2/c1-10(2)11(3,4)16-12(15-10)8-6-5-7-14-9(8)13/h5-7H,1-4H3. The Labute approximate surface area is 95.1 Å². The van der Waals surface area contributed by atoms with E-state index in [-0.39, 0.29) is 0 Å². The number of hydrogen-bond acceptors (Lipinski definition) is 3. The van der Waals surface area contributed by atoms with Gasteiger partial charge in [-0.1, -0.05) is 6.07 Å². The smallest absolute Gasteiger partial charge is 0.399 e. The monoisotopic (exact) mass is 223 g/mol. The molecule has 1 aliphatic heterocycles. The van der Waals surface area contributed by atoms with Crippen LogP contribution in [0.5, 0.6) is 0 Å². The van der Waals surface area contributed by atoms with Gasteiger partial charge in [0.05, 0.1) is 11.2 Å². The summed E-state index contributed by atoms with van der Waals surface area (Å²) in [5.74, 6) is -0.541. The summed E-state index contributed by atoms with van der Waals surface area (Å²) in [6, 6.07) is 3.30. The highest BCUT2D eigenvalue weighted by Gasteiger charge is 2.52. The summed E-state index contributed by atoms with van der Waals surface area (Å²) in [7, 11) is -0.682. The first kappa shape index (κ1) is 11.5. The van der Waals surface area contributed by atoms with E-state index in [1.165, 1.54) is 6.20 Å². The van der Waals surface area contributed by atoms with Crippen molar-refractivity contribution in [3.63, 3.8) is 0 Å². The minimum Gasteiger partial charge on any atom is -0.399 e. The lowest BCUT2D eigenvalue weighted by Crippen LogP contribution is -2.41. The molecule has 0 saturated carbocycles. The predicted octanol–water partition coefficient (Wildman–Crippen LogP) is 1.52. The molecule has 0 atom stereocenters. The number of hydrogen-bond donors (Lipinski definition) is 0. The lowest BCUT2D eigenvalue weighted by Gasteiger charge is -2.32. The number of aromatic nitrogens is 1. The van der Waals surface area contributed by atoms with Crippen molar-refractivity contribution in [1.29, 1.82) is 0 Å². The summed E-state index contributed by atoms with van der Waals surface area (Å²) < 4.78 is 24.9. The second kappa shape index (κ2) is 3.53.